The van der Waals surface area contributed by atoms with Crippen LogP contribution >= 0.6 is 11.3 Å². The summed E-state index contributed by atoms with van der Waals surface area (Å²) in [4.78, 5) is 13.0. The van der Waals surface area contributed by atoms with E-state index >= 15 is 0 Å². The largest absolute Gasteiger partial charge is 0.384 e. The minimum atomic E-state index is -0.136. The maximum atomic E-state index is 11.9. The molecular weight excluding hydrogens is 270 g/mol. The smallest absolute Gasteiger partial charge is 0.220 e. The molecule has 4 heteroatoms. The van der Waals surface area contributed by atoms with Gasteiger partial charge in [0.15, 0.2) is 0 Å². The fourth-order valence-corrected chi connectivity index (χ4v) is 3.40. The van der Waals surface area contributed by atoms with E-state index in [4.69, 9.17) is 5.11 Å². The van der Waals surface area contributed by atoms with Crippen LogP contribution in [0.15, 0.2) is 11.4 Å². The molecule has 0 aromatic carbocycles. The van der Waals surface area contributed by atoms with Crippen molar-refractivity contribution in [2.24, 2.45) is 5.92 Å². The van der Waals surface area contributed by atoms with E-state index in [2.05, 4.69) is 17.2 Å². The maximum Gasteiger partial charge on any atom is 0.220 e. The van der Waals surface area contributed by atoms with Crippen LogP contribution in [0.4, 0.5) is 0 Å². The number of carbonyl (C=O) groups excluding carboxylic acids is 1. The fourth-order valence-electron chi connectivity index (χ4n) is 2.63. The highest BCUT2D eigenvalue weighted by molar-refractivity contribution is 7.10. The zero-order valence-corrected chi connectivity index (χ0v) is 12.5. The molecule has 0 saturated heterocycles. The second-order valence-electron chi connectivity index (χ2n) is 5.20. The Kier molecular flexibility index (Phi) is 6.10. The summed E-state index contributed by atoms with van der Waals surface area (Å²) < 4.78 is 0. The average Bonchev–Trinajstić information content (AvgIpc) is 2.91. The molecule has 1 aromatic heterocycles. The quantitative estimate of drug-likeness (QED) is 0.838. The highest BCUT2D eigenvalue weighted by Crippen LogP contribution is 2.26. The van der Waals surface area contributed by atoms with Crippen molar-refractivity contribution in [3.05, 3.63) is 21.9 Å². The number of rotatable bonds is 4. The van der Waals surface area contributed by atoms with Crippen LogP contribution in [0.3, 0.4) is 0 Å². The predicted octanol–water partition coefficient (Wildman–Crippen LogP) is 2.68. The first kappa shape index (κ1) is 15.1. The highest BCUT2D eigenvalue weighted by Gasteiger charge is 2.17. The first-order valence-electron chi connectivity index (χ1n) is 7.22. The first-order chi connectivity index (χ1) is 9.79. The Balaban J connectivity index is 1.79. The van der Waals surface area contributed by atoms with Gasteiger partial charge in [0.25, 0.3) is 0 Å². The Morgan fingerprint density at radius 2 is 2.20 bits per heavy atom. The molecule has 0 aliphatic heterocycles. The summed E-state index contributed by atoms with van der Waals surface area (Å²) in [5, 5.41) is 13.7. The van der Waals surface area contributed by atoms with E-state index in [1.807, 2.05) is 11.4 Å². The van der Waals surface area contributed by atoms with Gasteiger partial charge in [-0.1, -0.05) is 31.1 Å². The molecule has 2 N–H and O–H groups in total. The van der Waals surface area contributed by atoms with Crippen LogP contribution in [0, 0.1) is 17.8 Å². The summed E-state index contributed by atoms with van der Waals surface area (Å²) in [6, 6.07) is 1.93. The molecule has 1 amide bonds. The van der Waals surface area contributed by atoms with Gasteiger partial charge in [0.2, 0.25) is 5.91 Å². The first-order valence-corrected chi connectivity index (χ1v) is 8.10. The van der Waals surface area contributed by atoms with E-state index in [0.29, 0.717) is 18.9 Å². The van der Waals surface area contributed by atoms with Crippen molar-refractivity contribution < 1.29 is 9.90 Å². The predicted molar refractivity (Wildman–Crippen MR) is 81.3 cm³/mol. The molecule has 0 bridgehead atoms. The van der Waals surface area contributed by atoms with Crippen LogP contribution in [-0.2, 0) is 11.3 Å². The van der Waals surface area contributed by atoms with Gasteiger partial charge in [-0.05, 0) is 30.2 Å². The van der Waals surface area contributed by atoms with Crippen molar-refractivity contribution in [1.82, 2.24) is 5.32 Å². The molecular formula is C16H21NO2S. The third kappa shape index (κ3) is 4.66. The normalized spacial score (nSPS) is 15.4. The molecule has 3 nitrogen and oxygen atoms in total. The standard InChI is InChI=1S/C16H21NO2S/c18-9-4-7-14-8-10-20-15(14)12-17-16(19)11-13-5-2-1-3-6-13/h8,10,13,18H,1-3,5-6,9,11-12H2,(H,17,19). The van der Waals surface area contributed by atoms with Gasteiger partial charge in [-0.15, -0.1) is 11.3 Å². The van der Waals surface area contributed by atoms with E-state index in [-0.39, 0.29) is 12.5 Å². The lowest BCUT2D eigenvalue weighted by molar-refractivity contribution is -0.122. The van der Waals surface area contributed by atoms with Gasteiger partial charge in [-0.2, -0.15) is 0 Å². The summed E-state index contributed by atoms with van der Waals surface area (Å²) in [5.41, 5.74) is 0.905. The van der Waals surface area contributed by atoms with Crippen LogP contribution in [0.25, 0.3) is 0 Å². The third-order valence-electron chi connectivity index (χ3n) is 3.69. The molecule has 1 aromatic rings. The monoisotopic (exact) mass is 291 g/mol. The minimum absolute atomic E-state index is 0.136. The maximum absolute atomic E-state index is 11.9. The molecule has 0 spiro atoms. The van der Waals surface area contributed by atoms with Crippen molar-refractivity contribution in [3.8, 4) is 11.8 Å². The van der Waals surface area contributed by atoms with Crippen molar-refractivity contribution >= 4 is 17.2 Å². The Bertz CT molecular complexity index is 492. The average molecular weight is 291 g/mol. The second-order valence-corrected chi connectivity index (χ2v) is 6.20. The molecule has 0 atom stereocenters. The number of carbonyl (C=O) groups is 1. The van der Waals surface area contributed by atoms with Crippen LogP contribution in [-0.4, -0.2) is 17.6 Å². The molecule has 1 fully saturated rings. The number of nitrogens with one attached hydrogen (secondary N) is 1. The minimum Gasteiger partial charge on any atom is -0.384 e. The Morgan fingerprint density at radius 1 is 1.40 bits per heavy atom. The summed E-state index contributed by atoms with van der Waals surface area (Å²) in [6.07, 6.45) is 6.90. The number of hydrogen-bond donors (Lipinski definition) is 2. The van der Waals surface area contributed by atoms with E-state index in [1.54, 1.807) is 11.3 Å². The Labute approximate surface area is 124 Å². The van der Waals surface area contributed by atoms with E-state index in [1.165, 1.54) is 32.1 Å². The van der Waals surface area contributed by atoms with E-state index < -0.39 is 0 Å². The summed E-state index contributed by atoms with van der Waals surface area (Å²) in [6.45, 7) is 0.405. The lowest BCUT2D eigenvalue weighted by Gasteiger charge is -2.20. The van der Waals surface area contributed by atoms with Gasteiger partial charge < -0.3 is 10.4 Å². The van der Waals surface area contributed by atoms with Gasteiger partial charge in [-0.3, -0.25) is 4.79 Å². The molecule has 20 heavy (non-hydrogen) atoms. The van der Waals surface area contributed by atoms with Crippen molar-refractivity contribution in [3.63, 3.8) is 0 Å². The lowest BCUT2D eigenvalue weighted by Crippen LogP contribution is -2.25. The number of hydrogen-bond acceptors (Lipinski definition) is 3. The Hall–Kier alpha value is -1.31. The van der Waals surface area contributed by atoms with Gasteiger partial charge >= 0.3 is 0 Å². The second kappa shape index (κ2) is 8.08. The summed E-state index contributed by atoms with van der Waals surface area (Å²) >= 11 is 1.59. The van der Waals surface area contributed by atoms with Crippen molar-refractivity contribution in [2.45, 2.75) is 45.1 Å². The Morgan fingerprint density at radius 3 is 2.95 bits per heavy atom. The molecule has 1 aliphatic carbocycles. The third-order valence-corrected chi connectivity index (χ3v) is 4.61. The lowest BCUT2D eigenvalue weighted by atomic mass is 9.87. The van der Waals surface area contributed by atoms with Crippen molar-refractivity contribution in [1.29, 1.82) is 0 Å². The number of amides is 1. The molecule has 0 unspecified atom stereocenters. The van der Waals surface area contributed by atoms with Crippen LogP contribution < -0.4 is 5.32 Å². The SMILES string of the molecule is O=C(CC1CCCCC1)NCc1sccc1C#CCO. The van der Waals surface area contributed by atoms with Crippen LogP contribution in [0.2, 0.25) is 0 Å². The number of aliphatic hydroxyl groups excluding tert-OH is 1. The molecule has 1 heterocycles. The summed E-state index contributed by atoms with van der Waals surface area (Å²) in [5.74, 6) is 6.27. The van der Waals surface area contributed by atoms with Gasteiger partial charge in [0.05, 0.1) is 6.54 Å². The molecule has 108 valence electrons. The molecule has 2 rings (SSSR count). The van der Waals surface area contributed by atoms with E-state index in [9.17, 15) is 4.79 Å². The number of aliphatic hydroxyl groups is 1. The zero-order valence-electron chi connectivity index (χ0n) is 11.7. The van der Waals surface area contributed by atoms with Crippen molar-refractivity contribution in [2.75, 3.05) is 6.61 Å². The topological polar surface area (TPSA) is 49.3 Å². The number of thiophene rings is 1. The van der Waals surface area contributed by atoms with E-state index in [0.717, 1.165) is 10.4 Å². The fraction of sp³-hybridized carbons (Fsp3) is 0.562. The van der Waals surface area contributed by atoms with Crippen LogP contribution in [0.5, 0.6) is 0 Å². The van der Waals surface area contributed by atoms with Gasteiger partial charge in [0.1, 0.15) is 6.61 Å². The van der Waals surface area contributed by atoms with Gasteiger partial charge in [-0.25, -0.2) is 0 Å². The molecule has 1 aliphatic rings. The molecule has 0 radical (unpaired) electrons. The highest BCUT2D eigenvalue weighted by atomic mass is 32.1. The molecule has 1 saturated carbocycles. The zero-order chi connectivity index (χ0) is 14.2. The van der Waals surface area contributed by atoms with Crippen LogP contribution in [0.1, 0.15) is 49.0 Å². The summed E-state index contributed by atoms with van der Waals surface area (Å²) in [7, 11) is 0. The van der Waals surface area contributed by atoms with Gasteiger partial charge in [0, 0.05) is 16.9 Å².